The number of halogens is 1. The van der Waals surface area contributed by atoms with Gasteiger partial charge >= 0.3 is 0 Å². The molecule has 6 heteroatoms. The summed E-state index contributed by atoms with van der Waals surface area (Å²) in [4.78, 5) is 10.9. The number of aromatic nitrogens is 2. The molecule has 2 N–H and O–H groups in total. The summed E-state index contributed by atoms with van der Waals surface area (Å²) in [7, 11) is 0. The minimum atomic E-state index is 0. The van der Waals surface area contributed by atoms with E-state index in [9.17, 15) is 0 Å². The van der Waals surface area contributed by atoms with Crippen molar-refractivity contribution in [1.82, 2.24) is 14.3 Å². The Morgan fingerprint density at radius 3 is 2.74 bits per heavy atom. The van der Waals surface area contributed by atoms with Crippen LogP contribution in [0.25, 0.3) is 5.65 Å². The molecule has 0 unspecified atom stereocenters. The zero-order valence-corrected chi connectivity index (χ0v) is 13.6. The molecule has 0 radical (unpaired) electrons. The molecule has 0 saturated carbocycles. The Balaban J connectivity index is 0.00000180. The Kier molecular flexibility index (Phi) is 6.07. The van der Waals surface area contributed by atoms with E-state index in [1.807, 2.05) is 39.9 Å². The van der Waals surface area contributed by atoms with Crippen molar-refractivity contribution in [1.29, 1.82) is 0 Å². The van der Waals surface area contributed by atoms with Crippen LogP contribution in [0.15, 0.2) is 35.6 Å². The van der Waals surface area contributed by atoms with Gasteiger partial charge in [-0.25, -0.2) is 9.98 Å². The summed E-state index contributed by atoms with van der Waals surface area (Å²) in [5.74, 6) is 0.581. The van der Waals surface area contributed by atoms with Gasteiger partial charge in [0.05, 0.1) is 12.2 Å². The highest BCUT2D eigenvalue weighted by atomic mass is 127. The summed E-state index contributed by atoms with van der Waals surface area (Å²) in [6, 6.07) is 5.92. The monoisotopic (exact) mass is 373 g/mol. The van der Waals surface area contributed by atoms with E-state index in [1.54, 1.807) is 0 Å². The molecule has 0 atom stereocenters. The summed E-state index contributed by atoms with van der Waals surface area (Å²) in [5.41, 5.74) is 7.78. The largest absolute Gasteiger partial charge is 0.370 e. The molecule has 5 nitrogen and oxygen atoms in total. The van der Waals surface area contributed by atoms with Gasteiger partial charge in [-0.3, -0.25) is 0 Å². The van der Waals surface area contributed by atoms with Crippen LogP contribution in [-0.2, 0) is 6.54 Å². The number of guanidine groups is 1. The highest BCUT2D eigenvalue weighted by Crippen LogP contribution is 2.05. The van der Waals surface area contributed by atoms with Gasteiger partial charge in [-0.2, -0.15) is 0 Å². The van der Waals surface area contributed by atoms with Crippen molar-refractivity contribution in [2.24, 2.45) is 10.7 Å². The van der Waals surface area contributed by atoms with Gasteiger partial charge in [0.15, 0.2) is 5.96 Å². The molecule has 2 rings (SSSR count). The fourth-order valence-corrected chi connectivity index (χ4v) is 1.87. The molecular formula is C13H20IN5. The minimum Gasteiger partial charge on any atom is -0.370 e. The van der Waals surface area contributed by atoms with Gasteiger partial charge in [0, 0.05) is 25.5 Å². The van der Waals surface area contributed by atoms with Gasteiger partial charge in [0.2, 0.25) is 0 Å². The molecule has 0 fully saturated rings. The third kappa shape index (κ3) is 3.82. The fourth-order valence-electron chi connectivity index (χ4n) is 1.87. The summed E-state index contributed by atoms with van der Waals surface area (Å²) < 4.78 is 1.98. The van der Waals surface area contributed by atoms with E-state index in [-0.39, 0.29) is 24.0 Å². The number of nitrogens with two attached hydrogens (primary N) is 1. The van der Waals surface area contributed by atoms with Gasteiger partial charge in [-0.05, 0) is 26.0 Å². The van der Waals surface area contributed by atoms with Crippen LogP contribution in [-0.4, -0.2) is 33.3 Å². The lowest BCUT2D eigenvalue weighted by Crippen LogP contribution is -2.37. The number of hydrogen-bond acceptors (Lipinski definition) is 2. The second kappa shape index (κ2) is 7.32. The van der Waals surface area contributed by atoms with Gasteiger partial charge in [-0.1, -0.05) is 6.07 Å². The summed E-state index contributed by atoms with van der Waals surface area (Å²) in [6.45, 7) is 6.39. The lowest BCUT2D eigenvalue weighted by atomic mass is 10.5. The first kappa shape index (κ1) is 15.7. The van der Waals surface area contributed by atoms with E-state index in [4.69, 9.17) is 5.73 Å². The van der Waals surface area contributed by atoms with Gasteiger partial charge < -0.3 is 15.0 Å². The van der Waals surface area contributed by atoms with E-state index in [0.717, 1.165) is 24.4 Å². The topological polar surface area (TPSA) is 58.9 Å². The van der Waals surface area contributed by atoms with E-state index in [0.29, 0.717) is 12.5 Å². The number of rotatable bonds is 4. The standard InChI is InChI=1S/C13H19N5.HI/c1-3-17(4-2)13(14)15-9-11-10-18-8-6-5-7-12(18)16-11;/h5-8,10H,3-4,9H2,1-2H3,(H2,14,15);1H. The molecule has 0 saturated heterocycles. The maximum absolute atomic E-state index is 5.92. The van der Waals surface area contributed by atoms with Crippen LogP contribution >= 0.6 is 24.0 Å². The van der Waals surface area contributed by atoms with Gasteiger partial charge in [-0.15, -0.1) is 24.0 Å². The van der Waals surface area contributed by atoms with E-state index >= 15 is 0 Å². The van der Waals surface area contributed by atoms with E-state index < -0.39 is 0 Å². The van der Waals surface area contributed by atoms with Crippen molar-refractivity contribution in [3.63, 3.8) is 0 Å². The van der Waals surface area contributed by atoms with Crippen molar-refractivity contribution in [2.45, 2.75) is 20.4 Å². The maximum atomic E-state index is 5.92. The first-order valence-corrected chi connectivity index (χ1v) is 6.22. The van der Waals surface area contributed by atoms with Crippen LogP contribution in [0, 0.1) is 0 Å². The third-order valence-electron chi connectivity index (χ3n) is 2.90. The van der Waals surface area contributed by atoms with Crippen LogP contribution in [0.3, 0.4) is 0 Å². The Bertz CT molecular complexity index is 512. The predicted octanol–water partition coefficient (Wildman–Crippen LogP) is 2.11. The smallest absolute Gasteiger partial charge is 0.191 e. The van der Waals surface area contributed by atoms with Crippen molar-refractivity contribution in [3.8, 4) is 0 Å². The maximum Gasteiger partial charge on any atom is 0.191 e. The number of pyridine rings is 1. The minimum absolute atomic E-state index is 0. The van der Waals surface area contributed by atoms with Gasteiger partial charge in [0.25, 0.3) is 0 Å². The first-order valence-electron chi connectivity index (χ1n) is 6.22. The quantitative estimate of drug-likeness (QED) is 0.507. The van der Waals surface area contributed by atoms with E-state index in [2.05, 4.69) is 23.8 Å². The molecule has 0 aromatic carbocycles. The highest BCUT2D eigenvalue weighted by molar-refractivity contribution is 14.0. The Hall–Kier alpha value is -1.31. The molecule has 0 aliphatic heterocycles. The van der Waals surface area contributed by atoms with Crippen LogP contribution in [0.4, 0.5) is 0 Å². The van der Waals surface area contributed by atoms with Crippen LogP contribution in [0.1, 0.15) is 19.5 Å². The van der Waals surface area contributed by atoms with Crippen LogP contribution < -0.4 is 5.73 Å². The lowest BCUT2D eigenvalue weighted by molar-refractivity contribution is 0.458. The van der Waals surface area contributed by atoms with Crippen LogP contribution in [0.2, 0.25) is 0 Å². The van der Waals surface area contributed by atoms with Crippen molar-refractivity contribution >= 4 is 35.6 Å². The SMILES string of the molecule is CCN(CC)C(N)=NCc1cn2ccccc2n1.I. The fraction of sp³-hybridized carbons (Fsp3) is 0.385. The molecule has 0 aliphatic carbocycles. The van der Waals surface area contributed by atoms with Crippen LogP contribution in [0.5, 0.6) is 0 Å². The zero-order valence-electron chi connectivity index (χ0n) is 11.3. The number of fused-ring (bicyclic) bond motifs is 1. The molecule has 0 amide bonds. The third-order valence-corrected chi connectivity index (χ3v) is 2.90. The summed E-state index contributed by atoms with van der Waals surface area (Å²) in [6.07, 6.45) is 3.96. The number of aliphatic imine (C=N–C) groups is 1. The lowest BCUT2D eigenvalue weighted by Gasteiger charge is -2.18. The molecule has 0 bridgehead atoms. The summed E-state index contributed by atoms with van der Waals surface area (Å²) >= 11 is 0. The number of nitrogens with zero attached hydrogens (tertiary/aromatic N) is 4. The predicted molar refractivity (Wildman–Crippen MR) is 88.9 cm³/mol. The van der Waals surface area contributed by atoms with E-state index in [1.165, 1.54) is 0 Å². The molecule has 2 aromatic heterocycles. The molecule has 2 heterocycles. The van der Waals surface area contributed by atoms with Crippen molar-refractivity contribution < 1.29 is 0 Å². The average Bonchev–Trinajstić information content (AvgIpc) is 2.80. The normalized spacial score (nSPS) is 11.4. The number of hydrogen-bond donors (Lipinski definition) is 1. The average molecular weight is 373 g/mol. The highest BCUT2D eigenvalue weighted by Gasteiger charge is 2.03. The summed E-state index contributed by atoms with van der Waals surface area (Å²) in [5, 5.41) is 0. The zero-order chi connectivity index (χ0) is 13.0. The molecule has 0 aliphatic rings. The van der Waals surface area contributed by atoms with Crippen molar-refractivity contribution in [2.75, 3.05) is 13.1 Å². The second-order valence-electron chi connectivity index (χ2n) is 4.05. The molecule has 2 aromatic rings. The Morgan fingerprint density at radius 1 is 1.37 bits per heavy atom. The van der Waals surface area contributed by atoms with Gasteiger partial charge in [0.1, 0.15) is 5.65 Å². The van der Waals surface area contributed by atoms with Crippen molar-refractivity contribution in [3.05, 3.63) is 36.3 Å². The first-order chi connectivity index (χ1) is 8.74. The molecule has 0 spiro atoms. The Labute approximate surface area is 130 Å². The molecular weight excluding hydrogens is 353 g/mol. The molecule has 104 valence electrons. The number of imidazole rings is 1. The second-order valence-corrected chi connectivity index (χ2v) is 4.05. The Morgan fingerprint density at radius 2 is 2.11 bits per heavy atom. The molecule has 19 heavy (non-hydrogen) atoms.